The Balaban J connectivity index is 2.37. The number of halogens is 2. The predicted octanol–water partition coefficient (Wildman–Crippen LogP) is 3.62. The first-order valence-corrected chi connectivity index (χ1v) is 7.01. The Bertz CT molecular complexity index is 689. The standard InChI is InChI=1S/C15H15BrFN3O/c1-20(2)15(21)9-3-6-12(18)14(7-9)19-13-8-10(17)4-5-11(13)16/h3-8,19H,18H2,1-2H3. The fourth-order valence-corrected chi connectivity index (χ4v) is 2.14. The SMILES string of the molecule is CN(C)C(=O)c1ccc(N)c(Nc2cc(F)ccc2Br)c1. The van der Waals surface area contributed by atoms with Gasteiger partial charge < -0.3 is 16.0 Å². The topological polar surface area (TPSA) is 58.4 Å². The largest absolute Gasteiger partial charge is 0.397 e. The first-order valence-electron chi connectivity index (χ1n) is 6.21. The summed E-state index contributed by atoms with van der Waals surface area (Å²) < 4.78 is 14.0. The molecule has 0 spiro atoms. The Hall–Kier alpha value is -2.08. The van der Waals surface area contributed by atoms with Gasteiger partial charge in [-0.15, -0.1) is 0 Å². The van der Waals surface area contributed by atoms with Crippen molar-refractivity contribution in [1.82, 2.24) is 4.90 Å². The first kappa shape index (κ1) is 15.3. The number of hydrogen-bond donors (Lipinski definition) is 2. The van der Waals surface area contributed by atoms with Crippen LogP contribution in [0.15, 0.2) is 40.9 Å². The van der Waals surface area contributed by atoms with Crippen molar-refractivity contribution >= 4 is 38.9 Å². The van der Waals surface area contributed by atoms with Crippen LogP contribution in [0.4, 0.5) is 21.5 Å². The van der Waals surface area contributed by atoms with E-state index in [-0.39, 0.29) is 11.7 Å². The molecule has 1 amide bonds. The molecule has 2 aromatic carbocycles. The third-order valence-corrected chi connectivity index (χ3v) is 3.60. The molecule has 0 unspecified atom stereocenters. The van der Waals surface area contributed by atoms with Gasteiger partial charge in [0, 0.05) is 24.1 Å². The lowest BCUT2D eigenvalue weighted by atomic mass is 10.1. The van der Waals surface area contributed by atoms with E-state index < -0.39 is 0 Å². The van der Waals surface area contributed by atoms with Crippen molar-refractivity contribution in [2.24, 2.45) is 0 Å². The van der Waals surface area contributed by atoms with E-state index in [2.05, 4.69) is 21.2 Å². The van der Waals surface area contributed by atoms with Crippen LogP contribution in [0, 0.1) is 5.82 Å². The molecule has 0 aromatic heterocycles. The summed E-state index contributed by atoms with van der Waals surface area (Å²) in [7, 11) is 3.35. The molecule has 21 heavy (non-hydrogen) atoms. The molecule has 2 aromatic rings. The molecule has 0 saturated heterocycles. The van der Waals surface area contributed by atoms with Gasteiger partial charge in [0.2, 0.25) is 0 Å². The molecule has 0 aliphatic carbocycles. The minimum Gasteiger partial charge on any atom is -0.397 e. The Kier molecular flexibility index (Phi) is 4.47. The van der Waals surface area contributed by atoms with Crippen molar-refractivity contribution in [2.45, 2.75) is 0 Å². The van der Waals surface area contributed by atoms with Gasteiger partial charge >= 0.3 is 0 Å². The van der Waals surface area contributed by atoms with Gasteiger partial charge in [-0.25, -0.2) is 4.39 Å². The van der Waals surface area contributed by atoms with Crippen molar-refractivity contribution in [1.29, 1.82) is 0 Å². The Labute approximate surface area is 130 Å². The van der Waals surface area contributed by atoms with Gasteiger partial charge in [0.05, 0.1) is 17.1 Å². The highest BCUT2D eigenvalue weighted by Gasteiger charge is 2.11. The molecule has 0 aliphatic rings. The number of amides is 1. The molecule has 0 fully saturated rings. The summed E-state index contributed by atoms with van der Waals surface area (Å²) in [5, 5.41) is 3.03. The quantitative estimate of drug-likeness (QED) is 0.830. The van der Waals surface area contributed by atoms with E-state index in [1.807, 2.05) is 0 Å². The van der Waals surface area contributed by atoms with Crippen LogP contribution in [-0.2, 0) is 0 Å². The molecule has 2 rings (SSSR count). The second-order valence-corrected chi connectivity index (χ2v) is 5.61. The summed E-state index contributed by atoms with van der Waals surface area (Å²) >= 11 is 3.34. The Morgan fingerprint density at radius 2 is 1.90 bits per heavy atom. The lowest BCUT2D eigenvalue weighted by Crippen LogP contribution is -2.21. The second-order valence-electron chi connectivity index (χ2n) is 4.75. The number of nitrogen functional groups attached to an aromatic ring is 1. The molecule has 0 saturated carbocycles. The highest BCUT2D eigenvalue weighted by molar-refractivity contribution is 9.10. The number of benzene rings is 2. The van der Waals surface area contributed by atoms with E-state index >= 15 is 0 Å². The number of carbonyl (C=O) groups excluding carboxylic acids is 1. The Morgan fingerprint density at radius 3 is 2.57 bits per heavy atom. The van der Waals surface area contributed by atoms with E-state index in [0.29, 0.717) is 27.1 Å². The molecule has 0 aliphatic heterocycles. The fraction of sp³-hybridized carbons (Fsp3) is 0.133. The van der Waals surface area contributed by atoms with Crippen LogP contribution >= 0.6 is 15.9 Å². The normalized spacial score (nSPS) is 10.3. The van der Waals surface area contributed by atoms with Crippen molar-refractivity contribution in [2.75, 3.05) is 25.1 Å². The molecule has 6 heteroatoms. The summed E-state index contributed by atoms with van der Waals surface area (Å²) in [6.07, 6.45) is 0. The first-order chi connectivity index (χ1) is 9.88. The maximum Gasteiger partial charge on any atom is 0.253 e. The van der Waals surface area contributed by atoms with Gasteiger partial charge in [0.1, 0.15) is 5.82 Å². The van der Waals surface area contributed by atoms with Crippen LogP contribution in [-0.4, -0.2) is 24.9 Å². The molecule has 0 bridgehead atoms. The van der Waals surface area contributed by atoms with Crippen LogP contribution in [0.25, 0.3) is 0 Å². The Morgan fingerprint density at radius 1 is 1.19 bits per heavy atom. The summed E-state index contributed by atoms with van der Waals surface area (Å²) in [4.78, 5) is 13.4. The molecule has 0 heterocycles. The van der Waals surface area contributed by atoms with E-state index in [1.54, 1.807) is 38.4 Å². The van der Waals surface area contributed by atoms with Gasteiger partial charge in [-0.05, 0) is 52.3 Å². The zero-order valence-corrected chi connectivity index (χ0v) is 13.2. The third-order valence-electron chi connectivity index (χ3n) is 2.90. The summed E-state index contributed by atoms with van der Waals surface area (Å²) in [6, 6.07) is 9.25. The van der Waals surface area contributed by atoms with Crippen molar-refractivity contribution in [3.63, 3.8) is 0 Å². The smallest absolute Gasteiger partial charge is 0.253 e. The average Bonchev–Trinajstić information content (AvgIpc) is 2.44. The molecular weight excluding hydrogens is 337 g/mol. The van der Waals surface area contributed by atoms with Crippen LogP contribution < -0.4 is 11.1 Å². The monoisotopic (exact) mass is 351 g/mol. The van der Waals surface area contributed by atoms with Gasteiger partial charge in [-0.3, -0.25) is 4.79 Å². The summed E-state index contributed by atoms with van der Waals surface area (Å²) in [6.45, 7) is 0. The number of anilines is 3. The molecule has 0 atom stereocenters. The number of nitrogens with two attached hydrogens (primary N) is 1. The highest BCUT2D eigenvalue weighted by Crippen LogP contribution is 2.30. The van der Waals surface area contributed by atoms with Crippen molar-refractivity contribution < 1.29 is 9.18 Å². The highest BCUT2D eigenvalue weighted by atomic mass is 79.9. The zero-order chi connectivity index (χ0) is 15.6. The molecule has 4 nitrogen and oxygen atoms in total. The van der Waals surface area contributed by atoms with Gasteiger partial charge in [0.15, 0.2) is 0 Å². The van der Waals surface area contributed by atoms with Gasteiger partial charge in [-0.2, -0.15) is 0 Å². The maximum absolute atomic E-state index is 13.3. The number of hydrogen-bond acceptors (Lipinski definition) is 3. The van der Waals surface area contributed by atoms with E-state index in [0.717, 1.165) is 0 Å². The minimum atomic E-state index is -0.361. The number of carbonyl (C=O) groups is 1. The third kappa shape index (κ3) is 3.52. The maximum atomic E-state index is 13.3. The molecule has 3 N–H and O–H groups in total. The number of rotatable bonds is 3. The number of nitrogens with one attached hydrogen (secondary N) is 1. The van der Waals surface area contributed by atoms with Crippen LogP contribution in [0.5, 0.6) is 0 Å². The van der Waals surface area contributed by atoms with Crippen molar-refractivity contribution in [3.8, 4) is 0 Å². The van der Waals surface area contributed by atoms with Crippen LogP contribution in [0.2, 0.25) is 0 Å². The van der Waals surface area contributed by atoms with E-state index in [4.69, 9.17) is 5.73 Å². The minimum absolute atomic E-state index is 0.128. The van der Waals surface area contributed by atoms with Gasteiger partial charge in [0.25, 0.3) is 5.91 Å². The molecule has 0 radical (unpaired) electrons. The lowest BCUT2D eigenvalue weighted by Gasteiger charge is -2.14. The summed E-state index contributed by atoms with van der Waals surface area (Å²) in [5.41, 5.74) is 7.97. The van der Waals surface area contributed by atoms with Gasteiger partial charge in [-0.1, -0.05) is 0 Å². The average molecular weight is 352 g/mol. The molecule has 110 valence electrons. The predicted molar refractivity (Wildman–Crippen MR) is 86.3 cm³/mol. The van der Waals surface area contributed by atoms with Crippen LogP contribution in [0.1, 0.15) is 10.4 Å². The fourth-order valence-electron chi connectivity index (χ4n) is 1.79. The number of nitrogens with zero attached hydrogens (tertiary/aromatic N) is 1. The second kappa shape index (κ2) is 6.13. The molecular formula is C15H15BrFN3O. The lowest BCUT2D eigenvalue weighted by molar-refractivity contribution is 0.0827. The zero-order valence-electron chi connectivity index (χ0n) is 11.7. The summed E-state index contributed by atoms with van der Waals surface area (Å²) in [5.74, 6) is -0.490. The van der Waals surface area contributed by atoms with E-state index in [1.165, 1.54) is 17.0 Å². The van der Waals surface area contributed by atoms with Crippen molar-refractivity contribution in [3.05, 3.63) is 52.3 Å². The van der Waals surface area contributed by atoms with E-state index in [9.17, 15) is 9.18 Å². The van der Waals surface area contributed by atoms with Crippen LogP contribution in [0.3, 0.4) is 0 Å².